The fourth-order valence-electron chi connectivity index (χ4n) is 4.57. The van der Waals surface area contributed by atoms with Crippen LogP contribution < -0.4 is 0 Å². The van der Waals surface area contributed by atoms with Gasteiger partial charge in [0.2, 0.25) is 5.91 Å². The van der Waals surface area contributed by atoms with Crippen LogP contribution in [0.2, 0.25) is 0 Å². The van der Waals surface area contributed by atoms with Gasteiger partial charge in [-0.05, 0) is 36.6 Å². The van der Waals surface area contributed by atoms with E-state index in [1.807, 2.05) is 48.5 Å². The van der Waals surface area contributed by atoms with Gasteiger partial charge in [0.25, 0.3) is 0 Å². The van der Waals surface area contributed by atoms with Gasteiger partial charge in [0.05, 0.1) is 23.9 Å². The summed E-state index contributed by atoms with van der Waals surface area (Å²) in [6.45, 7) is 1.04. The Morgan fingerprint density at radius 2 is 1.41 bits per heavy atom. The zero-order chi connectivity index (χ0) is 23.5. The molecule has 0 N–H and O–H groups in total. The predicted octanol–water partition coefficient (Wildman–Crippen LogP) is 5.90. The molecule has 172 valence electrons. The predicted molar refractivity (Wildman–Crippen MR) is 128 cm³/mol. The van der Waals surface area contributed by atoms with E-state index in [0.717, 1.165) is 35.4 Å². The second kappa shape index (κ2) is 9.59. The SMILES string of the molecule is O=C(Cc1c(F)cccc1F)N1CCC(n2nc(-c3ccccc3)cc2-c2ccccc2)CC1. The molecule has 0 bridgehead atoms. The van der Waals surface area contributed by atoms with Crippen molar-refractivity contribution in [3.05, 3.63) is 102 Å². The number of rotatable bonds is 5. The van der Waals surface area contributed by atoms with Crippen LogP contribution in [-0.4, -0.2) is 33.7 Å². The van der Waals surface area contributed by atoms with Crippen molar-refractivity contribution in [2.45, 2.75) is 25.3 Å². The van der Waals surface area contributed by atoms with E-state index >= 15 is 0 Å². The van der Waals surface area contributed by atoms with E-state index in [0.29, 0.717) is 13.1 Å². The summed E-state index contributed by atoms with van der Waals surface area (Å²) in [4.78, 5) is 14.5. The lowest BCUT2D eigenvalue weighted by Gasteiger charge is -2.33. The highest BCUT2D eigenvalue weighted by atomic mass is 19.1. The maximum Gasteiger partial charge on any atom is 0.227 e. The topological polar surface area (TPSA) is 38.1 Å². The van der Waals surface area contributed by atoms with Crippen LogP contribution in [0.3, 0.4) is 0 Å². The second-order valence-corrected chi connectivity index (χ2v) is 8.58. The highest BCUT2D eigenvalue weighted by Crippen LogP contribution is 2.32. The molecule has 2 heterocycles. The lowest BCUT2D eigenvalue weighted by Crippen LogP contribution is -2.40. The molecule has 3 aromatic carbocycles. The molecule has 0 atom stereocenters. The summed E-state index contributed by atoms with van der Waals surface area (Å²) in [5.41, 5.74) is 3.93. The summed E-state index contributed by atoms with van der Waals surface area (Å²) in [6.07, 6.45) is 1.18. The molecule has 1 aliphatic heterocycles. The molecule has 34 heavy (non-hydrogen) atoms. The number of nitrogens with zero attached hydrogens (tertiary/aromatic N) is 3. The van der Waals surface area contributed by atoms with Crippen molar-refractivity contribution < 1.29 is 13.6 Å². The zero-order valence-electron chi connectivity index (χ0n) is 18.7. The normalized spacial score (nSPS) is 14.4. The minimum atomic E-state index is -0.680. The molecule has 4 nitrogen and oxygen atoms in total. The highest BCUT2D eigenvalue weighted by Gasteiger charge is 2.27. The van der Waals surface area contributed by atoms with Gasteiger partial charge >= 0.3 is 0 Å². The van der Waals surface area contributed by atoms with Gasteiger partial charge in [0.15, 0.2) is 0 Å². The molecular formula is C28H25F2N3O. The van der Waals surface area contributed by atoms with Gasteiger partial charge in [-0.25, -0.2) is 8.78 Å². The van der Waals surface area contributed by atoms with Gasteiger partial charge in [0.1, 0.15) is 11.6 Å². The first-order chi connectivity index (χ1) is 16.6. The third-order valence-corrected chi connectivity index (χ3v) is 6.43. The molecule has 0 radical (unpaired) electrons. The maximum atomic E-state index is 14.0. The van der Waals surface area contributed by atoms with E-state index in [1.54, 1.807) is 4.90 Å². The lowest BCUT2D eigenvalue weighted by molar-refractivity contribution is -0.131. The second-order valence-electron chi connectivity index (χ2n) is 8.58. The van der Waals surface area contributed by atoms with Gasteiger partial charge in [-0.3, -0.25) is 9.48 Å². The summed E-state index contributed by atoms with van der Waals surface area (Å²) < 4.78 is 30.1. The molecule has 1 aromatic heterocycles. The summed E-state index contributed by atoms with van der Waals surface area (Å²) >= 11 is 0. The van der Waals surface area contributed by atoms with Crippen molar-refractivity contribution in [3.63, 3.8) is 0 Å². The average Bonchev–Trinajstić information content (AvgIpc) is 3.33. The van der Waals surface area contributed by atoms with Crippen LogP contribution in [0.15, 0.2) is 84.9 Å². The van der Waals surface area contributed by atoms with Crippen molar-refractivity contribution >= 4 is 5.91 Å². The third-order valence-electron chi connectivity index (χ3n) is 6.43. The van der Waals surface area contributed by atoms with Gasteiger partial charge in [-0.2, -0.15) is 5.10 Å². The monoisotopic (exact) mass is 457 g/mol. The fraction of sp³-hybridized carbons (Fsp3) is 0.214. The first-order valence-electron chi connectivity index (χ1n) is 11.5. The van der Waals surface area contributed by atoms with Crippen LogP contribution in [0.1, 0.15) is 24.4 Å². The highest BCUT2D eigenvalue weighted by molar-refractivity contribution is 5.79. The summed E-state index contributed by atoms with van der Waals surface area (Å²) in [7, 11) is 0. The number of hydrogen-bond acceptors (Lipinski definition) is 2. The zero-order valence-corrected chi connectivity index (χ0v) is 18.7. The molecule has 0 saturated carbocycles. The van der Waals surface area contributed by atoms with E-state index < -0.39 is 11.6 Å². The van der Waals surface area contributed by atoms with E-state index in [2.05, 4.69) is 22.9 Å². The molecule has 4 aromatic rings. The van der Waals surface area contributed by atoms with Crippen LogP contribution in [0.5, 0.6) is 0 Å². The fourth-order valence-corrected chi connectivity index (χ4v) is 4.57. The Bertz CT molecular complexity index is 1260. The smallest absolute Gasteiger partial charge is 0.227 e. The lowest BCUT2D eigenvalue weighted by atomic mass is 10.0. The van der Waals surface area contributed by atoms with Crippen molar-refractivity contribution in [1.29, 1.82) is 0 Å². The Hall–Kier alpha value is -3.80. The number of hydrogen-bond donors (Lipinski definition) is 0. The molecule has 1 fully saturated rings. The van der Waals surface area contributed by atoms with Crippen molar-refractivity contribution in [2.24, 2.45) is 0 Å². The number of carbonyl (C=O) groups excluding carboxylic acids is 1. The van der Waals surface area contributed by atoms with E-state index in [-0.39, 0.29) is 23.9 Å². The largest absolute Gasteiger partial charge is 0.342 e. The van der Waals surface area contributed by atoms with Gasteiger partial charge in [-0.15, -0.1) is 0 Å². The van der Waals surface area contributed by atoms with Gasteiger partial charge in [0, 0.05) is 24.2 Å². The van der Waals surface area contributed by atoms with Crippen molar-refractivity contribution in [1.82, 2.24) is 14.7 Å². The molecule has 1 aliphatic rings. The first-order valence-corrected chi connectivity index (χ1v) is 11.5. The Morgan fingerprint density at radius 1 is 0.824 bits per heavy atom. The molecule has 6 heteroatoms. The standard InChI is InChI=1S/C28H25F2N3O/c29-24-12-7-13-25(30)23(24)18-28(34)32-16-14-22(15-17-32)33-27(21-10-5-2-6-11-21)19-26(31-33)20-8-3-1-4-9-20/h1-13,19,22H,14-18H2. The first kappa shape index (κ1) is 22.0. The van der Waals surface area contributed by atoms with E-state index in [4.69, 9.17) is 5.10 Å². The van der Waals surface area contributed by atoms with E-state index in [1.165, 1.54) is 18.2 Å². The van der Waals surface area contributed by atoms with Crippen LogP contribution in [-0.2, 0) is 11.2 Å². The summed E-state index contributed by atoms with van der Waals surface area (Å²) in [5.74, 6) is -1.61. The molecule has 0 spiro atoms. The van der Waals surface area contributed by atoms with Crippen LogP contribution >= 0.6 is 0 Å². The Balaban J connectivity index is 1.35. The van der Waals surface area contributed by atoms with Crippen molar-refractivity contribution in [2.75, 3.05) is 13.1 Å². The number of halogens is 2. The van der Waals surface area contributed by atoms with Gasteiger partial charge in [-0.1, -0.05) is 66.7 Å². The molecule has 5 rings (SSSR count). The number of carbonyl (C=O) groups is 1. The molecule has 1 amide bonds. The van der Waals surface area contributed by atoms with Crippen LogP contribution in [0, 0.1) is 11.6 Å². The minimum absolute atomic E-state index is 0.127. The molecular weight excluding hydrogens is 432 g/mol. The minimum Gasteiger partial charge on any atom is -0.342 e. The third kappa shape index (κ3) is 4.49. The maximum absolute atomic E-state index is 14.0. The van der Waals surface area contributed by atoms with Crippen molar-refractivity contribution in [3.8, 4) is 22.5 Å². The van der Waals surface area contributed by atoms with Crippen LogP contribution in [0.25, 0.3) is 22.5 Å². The molecule has 0 aliphatic carbocycles. The Morgan fingerprint density at radius 3 is 2.03 bits per heavy atom. The molecule has 1 saturated heterocycles. The summed E-state index contributed by atoms with van der Waals surface area (Å²) in [6, 6.07) is 26.2. The Labute approximate surface area is 197 Å². The van der Waals surface area contributed by atoms with Crippen LogP contribution in [0.4, 0.5) is 8.78 Å². The van der Waals surface area contributed by atoms with E-state index in [9.17, 15) is 13.6 Å². The molecule has 0 unspecified atom stereocenters. The quantitative estimate of drug-likeness (QED) is 0.374. The van der Waals surface area contributed by atoms with Gasteiger partial charge < -0.3 is 4.90 Å². The number of aromatic nitrogens is 2. The number of benzene rings is 3. The summed E-state index contributed by atoms with van der Waals surface area (Å²) in [5, 5.41) is 4.96. The number of likely N-dealkylation sites (tertiary alicyclic amines) is 1. The number of amides is 1. The number of piperidine rings is 1. The average molecular weight is 458 g/mol. The Kier molecular flexibility index (Phi) is 6.21.